The Kier molecular flexibility index (Phi) is 4.95. The van der Waals surface area contributed by atoms with E-state index in [-0.39, 0.29) is 7.92 Å². The summed E-state index contributed by atoms with van der Waals surface area (Å²) in [6.45, 7) is 6.98. The summed E-state index contributed by atoms with van der Waals surface area (Å²) in [5.74, 6) is 2.21. The van der Waals surface area contributed by atoms with E-state index >= 15 is 0 Å². The van der Waals surface area contributed by atoms with Crippen LogP contribution >= 0.6 is 19.7 Å². The molecule has 22 heavy (non-hydrogen) atoms. The summed E-state index contributed by atoms with van der Waals surface area (Å²) < 4.78 is 0.384. The van der Waals surface area contributed by atoms with Crippen molar-refractivity contribution in [3.8, 4) is 0 Å². The summed E-state index contributed by atoms with van der Waals surface area (Å²) in [6, 6.07) is 22.3. The van der Waals surface area contributed by atoms with Crippen LogP contribution in [-0.2, 0) is 0 Å². The van der Waals surface area contributed by atoms with Crippen molar-refractivity contribution in [2.75, 3.05) is 5.75 Å². The van der Waals surface area contributed by atoms with Gasteiger partial charge in [-0.1, -0.05) is 81.4 Å². The smallest absolute Gasteiger partial charge is 0.00752 e. The number of benzene rings is 2. The lowest BCUT2D eigenvalue weighted by Gasteiger charge is -2.21. The van der Waals surface area contributed by atoms with Gasteiger partial charge in [0.25, 0.3) is 0 Å². The molecule has 0 aromatic heterocycles. The summed E-state index contributed by atoms with van der Waals surface area (Å²) in [5.41, 5.74) is 0.870. The van der Waals surface area contributed by atoms with Crippen LogP contribution in [-0.4, -0.2) is 16.2 Å². The fraction of sp³-hybridized carbons (Fsp3) is 0.400. The van der Waals surface area contributed by atoms with Crippen LogP contribution in [0.25, 0.3) is 0 Å². The van der Waals surface area contributed by atoms with Gasteiger partial charge in [0.15, 0.2) is 0 Å². The Bertz CT molecular complexity index is 549. The standard InChI is InChI=1S/C20H25PS/c1-20(2,3)22-15-16-14-19(16)21(17-10-6-4-7-11-17)18-12-8-5-9-13-18/h4-13,16,19H,14-15H2,1-3H3/t16-,19-/m1/s1. The topological polar surface area (TPSA) is 0 Å². The molecular formula is C20H25PS. The zero-order valence-corrected chi connectivity index (χ0v) is 15.4. The van der Waals surface area contributed by atoms with Crippen molar-refractivity contribution in [3.05, 3.63) is 60.7 Å². The van der Waals surface area contributed by atoms with Crippen LogP contribution in [0.1, 0.15) is 27.2 Å². The zero-order valence-electron chi connectivity index (χ0n) is 13.7. The van der Waals surface area contributed by atoms with Crippen molar-refractivity contribution < 1.29 is 0 Å². The number of thioether (sulfide) groups is 1. The lowest BCUT2D eigenvalue weighted by molar-refractivity contribution is 0.797. The van der Waals surface area contributed by atoms with Crippen molar-refractivity contribution in [1.29, 1.82) is 0 Å². The monoisotopic (exact) mass is 328 g/mol. The molecule has 1 saturated carbocycles. The first-order valence-electron chi connectivity index (χ1n) is 8.08. The minimum absolute atomic E-state index is 0.199. The molecule has 1 aliphatic rings. The molecule has 0 amide bonds. The summed E-state index contributed by atoms with van der Waals surface area (Å²) in [6.07, 6.45) is 1.40. The van der Waals surface area contributed by atoms with Gasteiger partial charge in [-0.15, -0.1) is 0 Å². The molecule has 2 aromatic rings. The molecule has 116 valence electrons. The molecule has 2 heteroatoms. The molecule has 0 N–H and O–H groups in total. The van der Waals surface area contributed by atoms with Crippen LogP contribution < -0.4 is 10.6 Å². The van der Waals surface area contributed by atoms with Crippen LogP contribution in [0, 0.1) is 5.92 Å². The normalized spacial score (nSPS) is 21.1. The van der Waals surface area contributed by atoms with Crippen molar-refractivity contribution in [1.82, 2.24) is 0 Å². The Hall–Kier alpha value is -0.780. The third kappa shape index (κ3) is 4.15. The molecule has 1 fully saturated rings. The van der Waals surface area contributed by atoms with Gasteiger partial charge in [0.1, 0.15) is 0 Å². The van der Waals surface area contributed by atoms with Crippen LogP contribution in [0.4, 0.5) is 0 Å². The quantitative estimate of drug-likeness (QED) is 0.693. The third-order valence-corrected chi connectivity index (χ3v) is 8.48. The third-order valence-electron chi connectivity index (χ3n) is 4.02. The van der Waals surface area contributed by atoms with E-state index in [4.69, 9.17) is 0 Å². The van der Waals surface area contributed by atoms with E-state index in [2.05, 4.69) is 93.2 Å². The van der Waals surface area contributed by atoms with E-state index in [9.17, 15) is 0 Å². The molecule has 3 rings (SSSR count). The number of rotatable bonds is 5. The Morgan fingerprint density at radius 1 is 0.909 bits per heavy atom. The second-order valence-corrected chi connectivity index (χ2v) is 11.3. The van der Waals surface area contributed by atoms with Crippen LogP contribution in [0.5, 0.6) is 0 Å². The highest BCUT2D eigenvalue weighted by atomic mass is 32.2. The van der Waals surface area contributed by atoms with Gasteiger partial charge in [-0.05, 0) is 42.3 Å². The Labute approximate surface area is 140 Å². The number of hydrogen-bond acceptors (Lipinski definition) is 1. The molecule has 0 unspecified atom stereocenters. The van der Waals surface area contributed by atoms with Gasteiger partial charge < -0.3 is 0 Å². The average molecular weight is 328 g/mol. The average Bonchev–Trinajstić information content (AvgIpc) is 3.26. The van der Waals surface area contributed by atoms with Gasteiger partial charge in [-0.3, -0.25) is 0 Å². The van der Waals surface area contributed by atoms with Crippen molar-refractivity contribution >= 4 is 30.3 Å². The molecule has 2 aromatic carbocycles. The molecular weight excluding hydrogens is 303 g/mol. The summed E-state index contributed by atoms with van der Waals surface area (Å²) in [7, 11) is -0.199. The van der Waals surface area contributed by atoms with Gasteiger partial charge in [0.05, 0.1) is 0 Å². The molecule has 0 radical (unpaired) electrons. The Balaban J connectivity index is 1.77. The van der Waals surface area contributed by atoms with E-state index < -0.39 is 0 Å². The van der Waals surface area contributed by atoms with E-state index in [1.807, 2.05) is 0 Å². The van der Waals surface area contributed by atoms with E-state index in [1.54, 1.807) is 0 Å². The predicted octanol–water partition coefficient (Wildman–Crippen LogP) is 5.04. The highest BCUT2D eigenvalue weighted by molar-refractivity contribution is 8.00. The van der Waals surface area contributed by atoms with Gasteiger partial charge in [-0.25, -0.2) is 0 Å². The predicted molar refractivity (Wildman–Crippen MR) is 103 cm³/mol. The molecule has 0 saturated heterocycles. The van der Waals surface area contributed by atoms with Gasteiger partial charge in [0.2, 0.25) is 0 Å². The first-order valence-corrected chi connectivity index (χ1v) is 10.5. The number of hydrogen-bond donors (Lipinski definition) is 0. The van der Waals surface area contributed by atoms with Crippen LogP contribution in [0.2, 0.25) is 0 Å². The van der Waals surface area contributed by atoms with Crippen molar-refractivity contribution in [3.63, 3.8) is 0 Å². The first-order chi connectivity index (χ1) is 10.5. The molecule has 1 aliphatic carbocycles. The van der Waals surface area contributed by atoms with Crippen molar-refractivity contribution in [2.24, 2.45) is 5.92 Å². The fourth-order valence-corrected chi connectivity index (χ4v) is 7.08. The fourth-order valence-electron chi connectivity index (χ4n) is 2.79. The lowest BCUT2D eigenvalue weighted by Crippen LogP contribution is -2.16. The van der Waals surface area contributed by atoms with Crippen LogP contribution in [0.15, 0.2) is 60.7 Å². The van der Waals surface area contributed by atoms with E-state index in [0.717, 1.165) is 11.6 Å². The minimum atomic E-state index is -0.199. The van der Waals surface area contributed by atoms with Crippen LogP contribution in [0.3, 0.4) is 0 Å². The molecule has 0 spiro atoms. The summed E-state index contributed by atoms with van der Waals surface area (Å²) in [4.78, 5) is 0. The highest BCUT2D eigenvalue weighted by Crippen LogP contribution is 2.57. The highest BCUT2D eigenvalue weighted by Gasteiger charge is 2.44. The maximum Gasteiger partial charge on any atom is 0.00752 e. The zero-order chi connectivity index (χ0) is 15.6. The SMILES string of the molecule is CC(C)(C)SC[C@H]1C[C@H]1P(c1ccccc1)c1ccccc1. The van der Waals surface area contributed by atoms with E-state index in [0.29, 0.717) is 4.75 Å². The first kappa shape index (κ1) is 16.1. The molecule has 0 bridgehead atoms. The second kappa shape index (κ2) is 6.77. The lowest BCUT2D eigenvalue weighted by atomic mass is 10.3. The van der Waals surface area contributed by atoms with Gasteiger partial charge in [0, 0.05) is 4.75 Å². The minimum Gasteiger partial charge on any atom is -0.156 e. The molecule has 0 nitrogen and oxygen atoms in total. The Morgan fingerprint density at radius 3 is 1.86 bits per heavy atom. The largest absolute Gasteiger partial charge is 0.156 e. The Morgan fingerprint density at radius 2 is 1.41 bits per heavy atom. The van der Waals surface area contributed by atoms with Crippen molar-refractivity contribution in [2.45, 2.75) is 37.6 Å². The van der Waals surface area contributed by atoms with E-state index in [1.165, 1.54) is 22.8 Å². The molecule has 2 atom stereocenters. The van der Waals surface area contributed by atoms with Gasteiger partial charge >= 0.3 is 0 Å². The molecule has 0 heterocycles. The second-order valence-electron chi connectivity index (χ2n) is 7.03. The van der Waals surface area contributed by atoms with Gasteiger partial charge in [-0.2, -0.15) is 11.8 Å². The molecule has 0 aliphatic heterocycles. The summed E-state index contributed by atoms with van der Waals surface area (Å²) >= 11 is 2.13. The maximum absolute atomic E-state index is 2.33. The maximum atomic E-state index is 2.33. The summed E-state index contributed by atoms with van der Waals surface area (Å²) in [5, 5.41) is 3.08.